The molecule has 0 heterocycles. The van der Waals surface area contributed by atoms with Crippen LogP contribution in [0.1, 0.15) is 11.1 Å². The van der Waals surface area contributed by atoms with Crippen molar-refractivity contribution in [2.24, 2.45) is 5.73 Å². The number of hydrogen-bond donors (Lipinski definition) is 1. The van der Waals surface area contributed by atoms with E-state index in [0.29, 0.717) is 17.1 Å². The van der Waals surface area contributed by atoms with Crippen LogP contribution in [0.4, 0.5) is 4.39 Å². The summed E-state index contributed by atoms with van der Waals surface area (Å²) < 4.78 is 18.6. The van der Waals surface area contributed by atoms with Gasteiger partial charge in [-0.2, -0.15) is 0 Å². The van der Waals surface area contributed by atoms with Crippen LogP contribution in [0.15, 0.2) is 36.4 Å². The topological polar surface area (TPSA) is 35.2 Å². The molecule has 0 amide bonds. The molecule has 0 aromatic heterocycles. The zero-order valence-corrected chi connectivity index (χ0v) is 11.7. The van der Waals surface area contributed by atoms with Crippen molar-refractivity contribution in [1.29, 1.82) is 0 Å². The van der Waals surface area contributed by atoms with Crippen LogP contribution >= 0.6 is 23.8 Å². The van der Waals surface area contributed by atoms with E-state index >= 15 is 0 Å². The molecule has 2 N–H and O–H groups in total. The van der Waals surface area contributed by atoms with Gasteiger partial charge in [-0.15, -0.1) is 0 Å². The summed E-state index contributed by atoms with van der Waals surface area (Å²) >= 11 is 10.9. The Hall–Kier alpha value is -1.65. The number of hydrogen-bond acceptors (Lipinski definition) is 2. The second-order valence-electron chi connectivity index (χ2n) is 4.04. The predicted octanol–water partition coefficient (Wildman–Crippen LogP) is 4.21. The lowest BCUT2D eigenvalue weighted by atomic mass is 10.1. The third-order valence-electron chi connectivity index (χ3n) is 2.51. The first-order chi connectivity index (χ1) is 8.97. The van der Waals surface area contributed by atoms with Gasteiger partial charge in [0.15, 0.2) is 0 Å². The smallest absolute Gasteiger partial charge is 0.146 e. The van der Waals surface area contributed by atoms with Crippen molar-refractivity contribution >= 4 is 28.8 Å². The normalized spacial score (nSPS) is 10.3. The Morgan fingerprint density at radius 1 is 1.21 bits per heavy atom. The molecule has 0 radical (unpaired) electrons. The maximum Gasteiger partial charge on any atom is 0.146 e. The Labute approximate surface area is 120 Å². The molecule has 5 heteroatoms. The van der Waals surface area contributed by atoms with Crippen LogP contribution in [-0.4, -0.2) is 4.99 Å². The first-order valence-electron chi connectivity index (χ1n) is 5.51. The molecule has 0 aliphatic rings. The van der Waals surface area contributed by atoms with E-state index in [9.17, 15) is 4.39 Å². The monoisotopic (exact) mass is 295 g/mol. The third kappa shape index (κ3) is 3.22. The van der Waals surface area contributed by atoms with Gasteiger partial charge < -0.3 is 10.5 Å². The van der Waals surface area contributed by atoms with E-state index in [1.165, 1.54) is 18.2 Å². The highest BCUT2D eigenvalue weighted by Gasteiger charge is 2.10. The summed E-state index contributed by atoms with van der Waals surface area (Å²) in [5.41, 5.74) is 7.29. The van der Waals surface area contributed by atoms with Crippen LogP contribution in [0.5, 0.6) is 11.5 Å². The highest BCUT2D eigenvalue weighted by atomic mass is 35.5. The van der Waals surface area contributed by atoms with Crippen molar-refractivity contribution in [3.05, 3.63) is 58.4 Å². The van der Waals surface area contributed by atoms with Gasteiger partial charge in [-0.3, -0.25) is 0 Å². The van der Waals surface area contributed by atoms with Crippen LogP contribution < -0.4 is 10.5 Å². The van der Waals surface area contributed by atoms with Crippen LogP contribution in [-0.2, 0) is 0 Å². The molecule has 0 aliphatic carbocycles. The van der Waals surface area contributed by atoms with Crippen molar-refractivity contribution in [2.45, 2.75) is 6.92 Å². The molecule has 2 aromatic rings. The molecule has 19 heavy (non-hydrogen) atoms. The van der Waals surface area contributed by atoms with Gasteiger partial charge in [0.05, 0.1) is 10.6 Å². The Balaban J connectivity index is 2.40. The lowest BCUT2D eigenvalue weighted by molar-refractivity contribution is 0.480. The quantitative estimate of drug-likeness (QED) is 0.861. The van der Waals surface area contributed by atoms with E-state index in [1.54, 1.807) is 6.07 Å². The summed E-state index contributed by atoms with van der Waals surface area (Å²) in [4.78, 5) is 0.233. The minimum absolute atomic E-state index is 0.189. The van der Waals surface area contributed by atoms with Gasteiger partial charge in [0.1, 0.15) is 22.3 Å². The molecule has 0 aliphatic heterocycles. The first kappa shape index (κ1) is 13.8. The predicted molar refractivity (Wildman–Crippen MR) is 78.6 cm³/mol. The van der Waals surface area contributed by atoms with E-state index in [0.717, 1.165) is 5.56 Å². The van der Waals surface area contributed by atoms with Crippen molar-refractivity contribution in [2.75, 3.05) is 0 Å². The van der Waals surface area contributed by atoms with Gasteiger partial charge in [0.2, 0.25) is 0 Å². The number of nitrogens with two attached hydrogens (primary N) is 1. The summed E-state index contributed by atoms with van der Waals surface area (Å²) in [6.45, 7) is 1.93. The average molecular weight is 296 g/mol. The van der Waals surface area contributed by atoms with Crippen molar-refractivity contribution < 1.29 is 9.13 Å². The highest BCUT2D eigenvalue weighted by molar-refractivity contribution is 7.80. The molecule has 0 fully saturated rings. The number of rotatable bonds is 3. The zero-order chi connectivity index (χ0) is 14.0. The standard InChI is InChI=1S/C14H11ClFNOS/c1-8-2-4-12(10(6-8)14(17)19)18-13-5-3-9(16)7-11(13)15/h2-7H,1H3,(H2,17,19). The molecule has 2 rings (SSSR count). The molecule has 2 nitrogen and oxygen atoms in total. The maximum atomic E-state index is 13.0. The number of ether oxygens (including phenoxy) is 1. The molecule has 0 unspecified atom stereocenters. The molecule has 0 bridgehead atoms. The number of benzene rings is 2. The van der Waals surface area contributed by atoms with E-state index in [1.807, 2.05) is 19.1 Å². The second kappa shape index (κ2) is 5.55. The van der Waals surface area contributed by atoms with Gasteiger partial charge in [-0.25, -0.2) is 4.39 Å². The lowest BCUT2D eigenvalue weighted by Crippen LogP contribution is -2.11. The fourth-order valence-electron chi connectivity index (χ4n) is 1.60. The molecule has 2 aromatic carbocycles. The highest BCUT2D eigenvalue weighted by Crippen LogP contribution is 2.32. The van der Waals surface area contributed by atoms with Crippen LogP contribution in [0.2, 0.25) is 5.02 Å². The number of thiocarbonyl (C=S) groups is 1. The van der Waals surface area contributed by atoms with Crippen molar-refractivity contribution in [3.8, 4) is 11.5 Å². The minimum atomic E-state index is -0.421. The van der Waals surface area contributed by atoms with E-state index < -0.39 is 5.82 Å². The summed E-state index contributed by atoms with van der Waals surface area (Å²) in [5.74, 6) is 0.423. The van der Waals surface area contributed by atoms with Gasteiger partial charge in [-0.1, -0.05) is 35.4 Å². The Morgan fingerprint density at radius 3 is 2.53 bits per heavy atom. The molecule has 0 atom stereocenters. The molecule has 0 saturated carbocycles. The first-order valence-corrected chi connectivity index (χ1v) is 6.29. The fraction of sp³-hybridized carbons (Fsp3) is 0.0714. The van der Waals surface area contributed by atoms with Gasteiger partial charge >= 0.3 is 0 Å². The Bertz CT molecular complexity index is 645. The van der Waals surface area contributed by atoms with Crippen LogP contribution in [0, 0.1) is 12.7 Å². The second-order valence-corrected chi connectivity index (χ2v) is 4.89. The average Bonchev–Trinajstić information content (AvgIpc) is 2.34. The molecule has 0 saturated heterocycles. The van der Waals surface area contributed by atoms with Crippen molar-refractivity contribution in [3.63, 3.8) is 0 Å². The summed E-state index contributed by atoms with van der Waals surface area (Å²) in [5, 5.41) is 0.189. The Morgan fingerprint density at radius 2 is 1.89 bits per heavy atom. The van der Waals surface area contributed by atoms with E-state index in [-0.39, 0.29) is 10.0 Å². The van der Waals surface area contributed by atoms with E-state index in [2.05, 4.69) is 0 Å². The molecular formula is C14H11ClFNOS. The fourth-order valence-corrected chi connectivity index (χ4v) is 1.97. The molecular weight excluding hydrogens is 285 g/mol. The van der Waals surface area contributed by atoms with Gasteiger partial charge in [0.25, 0.3) is 0 Å². The SMILES string of the molecule is Cc1ccc(Oc2ccc(F)cc2Cl)c(C(N)=S)c1. The summed E-state index contributed by atoms with van der Waals surface area (Å²) in [7, 11) is 0. The van der Waals surface area contributed by atoms with Crippen molar-refractivity contribution in [1.82, 2.24) is 0 Å². The number of halogens is 2. The van der Waals surface area contributed by atoms with E-state index in [4.69, 9.17) is 34.3 Å². The largest absolute Gasteiger partial charge is 0.455 e. The maximum absolute atomic E-state index is 13.0. The Kier molecular flexibility index (Phi) is 4.02. The third-order valence-corrected chi connectivity index (χ3v) is 3.03. The molecule has 0 spiro atoms. The van der Waals surface area contributed by atoms with Gasteiger partial charge in [0, 0.05) is 0 Å². The minimum Gasteiger partial charge on any atom is -0.455 e. The summed E-state index contributed by atoms with van der Waals surface area (Å²) in [6, 6.07) is 9.37. The lowest BCUT2D eigenvalue weighted by Gasteiger charge is -2.12. The summed E-state index contributed by atoms with van der Waals surface area (Å²) in [6.07, 6.45) is 0. The number of aryl methyl sites for hydroxylation is 1. The molecule has 98 valence electrons. The van der Waals surface area contributed by atoms with Crippen LogP contribution in [0.3, 0.4) is 0 Å². The van der Waals surface area contributed by atoms with Gasteiger partial charge in [-0.05, 0) is 37.3 Å². The van der Waals surface area contributed by atoms with Crippen LogP contribution in [0.25, 0.3) is 0 Å². The zero-order valence-electron chi connectivity index (χ0n) is 10.1.